The van der Waals surface area contributed by atoms with Crippen LogP contribution in [0.15, 0.2) is 144 Å². The van der Waals surface area contributed by atoms with Gasteiger partial charge in [-0.15, -0.1) is 0 Å². The second-order valence-electron chi connectivity index (χ2n) is 10.7. The Morgan fingerprint density at radius 3 is 2.05 bits per heavy atom. The molecule has 4 nitrogen and oxygen atoms in total. The van der Waals surface area contributed by atoms with Crippen molar-refractivity contribution >= 4 is 44.7 Å². The molecule has 4 heteroatoms. The first-order valence-corrected chi connectivity index (χ1v) is 14.2. The summed E-state index contributed by atoms with van der Waals surface area (Å²) in [6.07, 6.45) is -0.260. The Morgan fingerprint density at radius 2 is 1.26 bits per heavy atom. The Kier molecular flexibility index (Phi) is 5.71. The van der Waals surface area contributed by atoms with Gasteiger partial charge >= 0.3 is 0 Å². The van der Waals surface area contributed by atoms with Crippen molar-refractivity contribution in [3.63, 3.8) is 0 Å². The van der Waals surface area contributed by atoms with E-state index in [0.29, 0.717) is 0 Å². The number of hydrogen-bond acceptors (Lipinski definition) is 4. The van der Waals surface area contributed by atoms with Crippen LogP contribution in [0.5, 0.6) is 5.75 Å². The predicted octanol–water partition coefficient (Wildman–Crippen LogP) is 10.5. The number of hydrogen-bond donors (Lipinski definition) is 1. The molecule has 0 amide bonds. The Hall–Kier alpha value is -5.48. The number of ether oxygens (including phenoxy) is 1. The molecule has 1 aliphatic heterocycles. The largest absolute Gasteiger partial charge is 0.464 e. The van der Waals surface area contributed by atoms with Crippen molar-refractivity contribution in [2.75, 3.05) is 10.2 Å². The number of anilines is 4. The maximum atomic E-state index is 6.34. The van der Waals surface area contributed by atoms with Crippen LogP contribution >= 0.6 is 0 Å². The molecule has 0 bridgehead atoms. The molecule has 0 aliphatic carbocycles. The average molecular weight is 545 g/mol. The molecule has 1 unspecified atom stereocenters. The van der Waals surface area contributed by atoms with Crippen LogP contribution in [0.3, 0.4) is 0 Å². The van der Waals surface area contributed by atoms with E-state index < -0.39 is 0 Å². The maximum absolute atomic E-state index is 6.34. The molecule has 1 aliphatic rings. The normalized spacial score (nSPS) is 14.0. The Labute approximate surface area is 244 Å². The molecular formula is C38H28N2O2. The van der Waals surface area contributed by atoms with Crippen molar-refractivity contribution in [3.05, 3.63) is 151 Å². The van der Waals surface area contributed by atoms with Gasteiger partial charge in [0.15, 0.2) is 6.23 Å². The van der Waals surface area contributed by atoms with Gasteiger partial charge in [0.05, 0.1) is 11.1 Å². The summed E-state index contributed by atoms with van der Waals surface area (Å²) in [5, 5.41) is 5.76. The molecule has 7 aromatic rings. The number of para-hydroxylation sites is 3. The molecule has 0 saturated carbocycles. The molecule has 202 valence electrons. The van der Waals surface area contributed by atoms with E-state index in [0.717, 1.165) is 55.9 Å². The standard InChI is InChI=1S/C38H28N2O2/c1-25-9-5-7-13-32(25)40(29-10-3-2-4-11-29)30-21-19-27(20-22-30)26-15-17-28(18-16-26)38-39-37-35(42-38)24-23-34-36(37)31-12-6-8-14-33(31)41-34/h2-24,38-39H,1H3. The summed E-state index contributed by atoms with van der Waals surface area (Å²) in [7, 11) is 0. The molecule has 1 N–H and O–H groups in total. The van der Waals surface area contributed by atoms with Gasteiger partial charge in [0.25, 0.3) is 0 Å². The first-order valence-electron chi connectivity index (χ1n) is 14.2. The highest BCUT2D eigenvalue weighted by atomic mass is 16.5. The van der Waals surface area contributed by atoms with Gasteiger partial charge in [0.2, 0.25) is 0 Å². The fourth-order valence-electron chi connectivity index (χ4n) is 5.95. The van der Waals surface area contributed by atoms with Gasteiger partial charge in [0, 0.05) is 28.0 Å². The SMILES string of the molecule is Cc1ccccc1N(c1ccccc1)c1ccc(-c2ccc(C3Nc4c(ccc5oc6ccccc6c45)O3)cc2)cc1. The summed E-state index contributed by atoms with van der Waals surface area (Å²) in [6.45, 7) is 2.16. The number of aryl methyl sites for hydroxylation is 1. The minimum absolute atomic E-state index is 0.260. The fraction of sp³-hybridized carbons (Fsp3) is 0.0526. The summed E-state index contributed by atoms with van der Waals surface area (Å²) < 4.78 is 12.4. The van der Waals surface area contributed by atoms with E-state index in [4.69, 9.17) is 9.15 Å². The highest BCUT2D eigenvalue weighted by Gasteiger charge is 2.27. The molecule has 8 rings (SSSR count). The number of fused-ring (bicyclic) bond motifs is 5. The summed E-state index contributed by atoms with van der Waals surface area (Å²) in [4.78, 5) is 2.31. The second-order valence-corrected chi connectivity index (χ2v) is 10.7. The quantitative estimate of drug-likeness (QED) is 0.234. The molecule has 2 heterocycles. The van der Waals surface area contributed by atoms with E-state index in [2.05, 4.69) is 126 Å². The predicted molar refractivity (Wildman–Crippen MR) is 172 cm³/mol. The lowest BCUT2D eigenvalue weighted by molar-refractivity contribution is 0.260. The van der Waals surface area contributed by atoms with E-state index in [-0.39, 0.29) is 6.23 Å². The molecule has 6 aromatic carbocycles. The summed E-state index contributed by atoms with van der Waals surface area (Å²) in [5.41, 5.74) is 10.8. The molecule has 0 spiro atoms. The Bertz CT molecular complexity index is 2040. The average Bonchev–Trinajstić information content (AvgIpc) is 3.65. The van der Waals surface area contributed by atoms with E-state index >= 15 is 0 Å². The Morgan fingerprint density at radius 1 is 0.595 bits per heavy atom. The minimum Gasteiger partial charge on any atom is -0.464 e. The number of rotatable bonds is 5. The lowest BCUT2D eigenvalue weighted by atomic mass is 10.0. The van der Waals surface area contributed by atoms with Gasteiger partial charge in [-0.25, -0.2) is 0 Å². The van der Waals surface area contributed by atoms with Crippen molar-refractivity contribution < 1.29 is 9.15 Å². The topological polar surface area (TPSA) is 37.6 Å². The van der Waals surface area contributed by atoms with E-state index in [1.807, 2.05) is 30.3 Å². The first-order chi connectivity index (χ1) is 20.7. The molecule has 0 saturated heterocycles. The van der Waals surface area contributed by atoms with Crippen LogP contribution in [-0.4, -0.2) is 0 Å². The zero-order valence-corrected chi connectivity index (χ0v) is 23.1. The van der Waals surface area contributed by atoms with Gasteiger partial charge in [-0.05, 0) is 72.1 Å². The van der Waals surface area contributed by atoms with Gasteiger partial charge < -0.3 is 19.4 Å². The molecule has 1 aromatic heterocycles. The van der Waals surface area contributed by atoms with E-state index in [9.17, 15) is 0 Å². The monoisotopic (exact) mass is 544 g/mol. The van der Waals surface area contributed by atoms with Crippen LogP contribution in [-0.2, 0) is 0 Å². The zero-order chi connectivity index (χ0) is 28.0. The molecule has 42 heavy (non-hydrogen) atoms. The number of nitrogens with one attached hydrogen (secondary N) is 1. The van der Waals surface area contributed by atoms with Gasteiger partial charge in [0.1, 0.15) is 16.9 Å². The molecule has 0 radical (unpaired) electrons. The molecule has 0 fully saturated rings. The van der Waals surface area contributed by atoms with E-state index in [1.54, 1.807) is 0 Å². The van der Waals surface area contributed by atoms with Crippen LogP contribution in [0.4, 0.5) is 22.7 Å². The third-order valence-corrected chi connectivity index (χ3v) is 8.07. The number of nitrogens with zero attached hydrogens (tertiary/aromatic N) is 1. The van der Waals surface area contributed by atoms with Crippen molar-refractivity contribution in [2.45, 2.75) is 13.2 Å². The lowest BCUT2D eigenvalue weighted by Crippen LogP contribution is -2.11. The molecular weight excluding hydrogens is 516 g/mol. The van der Waals surface area contributed by atoms with Crippen LogP contribution < -0.4 is 15.0 Å². The number of furan rings is 1. The minimum atomic E-state index is -0.260. The zero-order valence-electron chi connectivity index (χ0n) is 23.1. The number of benzene rings is 6. The van der Waals surface area contributed by atoms with Gasteiger partial charge in [-0.1, -0.05) is 91.0 Å². The van der Waals surface area contributed by atoms with Crippen LogP contribution in [0, 0.1) is 6.92 Å². The van der Waals surface area contributed by atoms with E-state index in [1.165, 1.54) is 16.8 Å². The maximum Gasteiger partial charge on any atom is 0.196 e. The van der Waals surface area contributed by atoms with Gasteiger partial charge in [-0.2, -0.15) is 0 Å². The van der Waals surface area contributed by atoms with Crippen molar-refractivity contribution in [2.24, 2.45) is 0 Å². The summed E-state index contributed by atoms with van der Waals surface area (Å²) in [6, 6.07) is 48.5. The third-order valence-electron chi connectivity index (χ3n) is 8.07. The van der Waals surface area contributed by atoms with Crippen molar-refractivity contribution in [3.8, 4) is 16.9 Å². The summed E-state index contributed by atoms with van der Waals surface area (Å²) >= 11 is 0. The first kappa shape index (κ1) is 24.3. The summed E-state index contributed by atoms with van der Waals surface area (Å²) in [5.74, 6) is 0.843. The van der Waals surface area contributed by atoms with Crippen LogP contribution in [0.1, 0.15) is 17.4 Å². The van der Waals surface area contributed by atoms with Crippen molar-refractivity contribution in [1.82, 2.24) is 0 Å². The van der Waals surface area contributed by atoms with Crippen LogP contribution in [0.25, 0.3) is 33.1 Å². The Balaban J connectivity index is 1.07. The molecule has 1 atom stereocenters. The highest BCUT2D eigenvalue weighted by Crippen LogP contribution is 2.46. The van der Waals surface area contributed by atoms with Gasteiger partial charge in [-0.3, -0.25) is 0 Å². The third kappa shape index (κ3) is 4.08. The van der Waals surface area contributed by atoms with Crippen molar-refractivity contribution in [1.29, 1.82) is 0 Å². The smallest absolute Gasteiger partial charge is 0.196 e. The highest BCUT2D eigenvalue weighted by molar-refractivity contribution is 6.13. The lowest BCUT2D eigenvalue weighted by Gasteiger charge is -2.27. The van der Waals surface area contributed by atoms with Crippen LogP contribution in [0.2, 0.25) is 0 Å². The second kappa shape index (κ2) is 9.86. The fourth-order valence-corrected chi connectivity index (χ4v) is 5.95.